The summed E-state index contributed by atoms with van der Waals surface area (Å²) in [5, 5.41) is 6.80. The molecule has 0 radical (unpaired) electrons. The van der Waals surface area contributed by atoms with Gasteiger partial charge >= 0.3 is 0 Å². The van der Waals surface area contributed by atoms with Gasteiger partial charge < -0.3 is 5.32 Å². The van der Waals surface area contributed by atoms with Gasteiger partial charge in [0.1, 0.15) is 0 Å². The highest BCUT2D eigenvalue weighted by atomic mass is 79.9. The summed E-state index contributed by atoms with van der Waals surface area (Å²) in [6, 6.07) is 2.14. The first-order valence-electron chi connectivity index (χ1n) is 5.86. The van der Waals surface area contributed by atoms with Crippen molar-refractivity contribution in [2.45, 2.75) is 38.8 Å². The van der Waals surface area contributed by atoms with Crippen molar-refractivity contribution < 1.29 is 0 Å². The van der Waals surface area contributed by atoms with E-state index >= 15 is 0 Å². The lowest BCUT2D eigenvalue weighted by Gasteiger charge is -2.25. The van der Waals surface area contributed by atoms with Crippen LogP contribution in [0.5, 0.6) is 0 Å². The van der Waals surface area contributed by atoms with Crippen molar-refractivity contribution in [2.24, 2.45) is 4.99 Å². The van der Waals surface area contributed by atoms with Crippen LogP contribution in [-0.2, 0) is 6.54 Å². The summed E-state index contributed by atoms with van der Waals surface area (Å²) in [7, 11) is 0. The number of hydrogen-bond donors (Lipinski definition) is 1. The molecule has 1 aliphatic rings. The van der Waals surface area contributed by atoms with Gasteiger partial charge in [-0.2, -0.15) is 0 Å². The van der Waals surface area contributed by atoms with Crippen molar-refractivity contribution in [3.8, 4) is 0 Å². The number of aliphatic imine (C=N–C) groups is 1. The van der Waals surface area contributed by atoms with Crippen LogP contribution in [0.25, 0.3) is 0 Å². The topological polar surface area (TPSA) is 24.4 Å². The molecule has 1 saturated heterocycles. The van der Waals surface area contributed by atoms with Gasteiger partial charge in [-0.15, -0.1) is 11.3 Å². The fourth-order valence-corrected chi connectivity index (χ4v) is 4.52. The van der Waals surface area contributed by atoms with Crippen LogP contribution in [0.15, 0.2) is 20.9 Å². The normalized spacial score (nSPS) is 20.8. The molecule has 0 saturated carbocycles. The van der Waals surface area contributed by atoms with Crippen molar-refractivity contribution in [3.05, 3.63) is 20.8 Å². The molecule has 2 rings (SSSR count). The first-order valence-corrected chi connectivity index (χ1v) is 8.51. The Kier molecular flexibility index (Phi) is 4.55. The first-order chi connectivity index (χ1) is 8.17. The summed E-state index contributed by atoms with van der Waals surface area (Å²) < 4.78 is 1.15. The van der Waals surface area contributed by atoms with Crippen molar-refractivity contribution in [3.63, 3.8) is 0 Å². The SMILES string of the molecule is CCC1(CC)CSC(=NCc2cc(Br)cs2)N1. The molecule has 2 heterocycles. The maximum atomic E-state index is 4.66. The van der Waals surface area contributed by atoms with Gasteiger partial charge in [0.05, 0.1) is 6.54 Å². The third kappa shape index (κ3) is 3.26. The molecule has 0 spiro atoms. The maximum Gasteiger partial charge on any atom is 0.157 e. The van der Waals surface area contributed by atoms with Crippen LogP contribution in [-0.4, -0.2) is 16.5 Å². The molecule has 17 heavy (non-hydrogen) atoms. The lowest BCUT2D eigenvalue weighted by molar-refractivity contribution is 0.407. The van der Waals surface area contributed by atoms with Gasteiger partial charge in [-0.3, -0.25) is 4.99 Å². The zero-order valence-electron chi connectivity index (χ0n) is 10.1. The first kappa shape index (κ1) is 13.4. The highest BCUT2D eigenvalue weighted by Crippen LogP contribution is 2.29. The summed E-state index contributed by atoms with van der Waals surface area (Å²) in [6.45, 7) is 5.28. The molecule has 0 aromatic carbocycles. The van der Waals surface area contributed by atoms with E-state index in [1.165, 1.54) is 17.7 Å². The van der Waals surface area contributed by atoms with E-state index in [-0.39, 0.29) is 5.54 Å². The highest BCUT2D eigenvalue weighted by Gasteiger charge is 2.33. The Morgan fingerprint density at radius 2 is 2.24 bits per heavy atom. The summed E-state index contributed by atoms with van der Waals surface area (Å²) in [5.74, 6) is 1.15. The number of nitrogens with zero attached hydrogens (tertiary/aromatic N) is 1. The predicted molar refractivity (Wildman–Crippen MR) is 82.1 cm³/mol. The van der Waals surface area contributed by atoms with Gasteiger partial charge in [0.2, 0.25) is 0 Å². The van der Waals surface area contributed by atoms with Crippen LogP contribution < -0.4 is 5.32 Å². The Bertz CT molecular complexity index is 410. The molecule has 0 bridgehead atoms. The number of thioether (sulfide) groups is 1. The fourth-order valence-electron chi connectivity index (χ4n) is 1.81. The maximum absolute atomic E-state index is 4.66. The number of hydrogen-bond acceptors (Lipinski definition) is 3. The fraction of sp³-hybridized carbons (Fsp3) is 0.583. The highest BCUT2D eigenvalue weighted by molar-refractivity contribution is 9.10. The van der Waals surface area contributed by atoms with Crippen molar-refractivity contribution in [2.75, 3.05) is 5.75 Å². The smallest absolute Gasteiger partial charge is 0.157 e. The summed E-state index contributed by atoms with van der Waals surface area (Å²) in [6.07, 6.45) is 2.33. The van der Waals surface area contributed by atoms with Gasteiger partial charge in [-0.05, 0) is 34.8 Å². The van der Waals surface area contributed by atoms with Crippen molar-refractivity contribution in [1.29, 1.82) is 0 Å². The molecule has 1 aromatic heterocycles. The van der Waals surface area contributed by atoms with E-state index in [2.05, 4.69) is 51.5 Å². The Morgan fingerprint density at radius 1 is 1.47 bits per heavy atom. The molecular formula is C12H17BrN2S2. The van der Waals surface area contributed by atoms with E-state index in [1.54, 1.807) is 11.3 Å². The lowest BCUT2D eigenvalue weighted by Crippen LogP contribution is -2.42. The predicted octanol–water partition coefficient (Wildman–Crippen LogP) is 4.26. The largest absolute Gasteiger partial charge is 0.359 e. The molecule has 0 unspecified atom stereocenters. The minimum atomic E-state index is 0.277. The Labute approximate surface area is 119 Å². The van der Waals surface area contributed by atoms with Gasteiger partial charge in [0, 0.05) is 26.0 Å². The lowest BCUT2D eigenvalue weighted by atomic mass is 9.96. The van der Waals surface area contributed by atoms with Gasteiger partial charge in [0.15, 0.2) is 5.17 Å². The van der Waals surface area contributed by atoms with E-state index in [0.717, 1.165) is 21.9 Å². The third-order valence-electron chi connectivity index (χ3n) is 3.21. The van der Waals surface area contributed by atoms with Gasteiger partial charge in [-0.1, -0.05) is 25.6 Å². The van der Waals surface area contributed by atoms with Crippen molar-refractivity contribution >= 4 is 44.2 Å². The molecule has 1 aromatic rings. The second kappa shape index (κ2) is 5.76. The number of amidine groups is 1. The molecule has 1 aliphatic heterocycles. The summed E-state index contributed by atoms with van der Waals surface area (Å²) in [5.41, 5.74) is 0.277. The summed E-state index contributed by atoms with van der Waals surface area (Å²) in [4.78, 5) is 5.96. The zero-order valence-corrected chi connectivity index (χ0v) is 13.3. The van der Waals surface area contributed by atoms with Gasteiger partial charge in [0.25, 0.3) is 0 Å². The number of thiophene rings is 1. The average molecular weight is 333 g/mol. The van der Waals surface area contributed by atoms with E-state index in [0.29, 0.717) is 0 Å². The molecule has 2 nitrogen and oxygen atoms in total. The van der Waals surface area contributed by atoms with Crippen molar-refractivity contribution in [1.82, 2.24) is 5.32 Å². The standard InChI is InChI=1S/C12H17BrN2S2/c1-3-12(4-2)8-17-11(15-12)14-6-10-5-9(13)7-16-10/h5,7H,3-4,6,8H2,1-2H3,(H,14,15). The third-order valence-corrected chi connectivity index (χ3v) is 6.09. The molecule has 0 aliphatic carbocycles. The van der Waals surface area contributed by atoms with E-state index < -0.39 is 0 Å². The molecule has 5 heteroatoms. The quantitative estimate of drug-likeness (QED) is 0.890. The molecule has 94 valence electrons. The number of nitrogens with one attached hydrogen (secondary N) is 1. The second-order valence-corrected chi connectivity index (χ2v) is 7.13. The van der Waals surface area contributed by atoms with Crippen LogP contribution >= 0.6 is 39.0 Å². The zero-order chi connectivity index (χ0) is 12.3. The minimum absolute atomic E-state index is 0.277. The molecule has 0 atom stereocenters. The number of rotatable bonds is 4. The molecule has 0 amide bonds. The van der Waals surface area contributed by atoms with Crippen LogP contribution in [0.3, 0.4) is 0 Å². The Hall–Kier alpha value is -0.0000000000000000833. The average Bonchev–Trinajstić information content (AvgIpc) is 2.93. The van der Waals surface area contributed by atoms with Crippen LogP contribution in [0.4, 0.5) is 0 Å². The van der Waals surface area contributed by atoms with Crippen LogP contribution in [0, 0.1) is 0 Å². The van der Waals surface area contributed by atoms with Crippen LogP contribution in [0.2, 0.25) is 0 Å². The van der Waals surface area contributed by atoms with E-state index in [4.69, 9.17) is 0 Å². The van der Waals surface area contributed by atoms with E-state index in [1.807, 2.05) is 11.8 Å². The Balaban J connectivity index is 1.96. The second-order valence-electron chi connectivity index (χ2n) is 4.25. The summed E-state index contributed by atoms with van der Waals surface area (Å²) >= 11 is 7.08. The molecule has 1 N–H and O–H groups in total. The molecular weight excluding hydrogens is 316 g/mol. The number of halogens is 1. The minimum Gasteiger partial charge on any atom is -0.359 e. The van der Waals surface area contributed by atoms with Crippen LogP contribution in [0.1, 0.15) is 31.6 Å². The molecule has 1 fully saturated rings. The van der Waals surface area contributed by atoms with E-state index in [9.17, 15) is 0 Å². The van der Waals surface area contributed by atoms with Gasteiger partial charge in [-0.25, -0.2) is 0 Å². The Morgan fingerprint density at radius 3 is 2.76 bits per heavy atom. The monoisotopic (exact) mass is 332 g/mol.